The monoisotopic (exact) mass is 332 g/mol. The number of nitrogens with one attached hydrogen (secondary N) is 2. The number of quaternary nitrogens is 1. The van der Waals surface area contributed by atoms with Crippen molar-refractivity contribution in [2.45, 2.75) is 0 Å². The number of amides is 1. The van der Waals surface area contributed by atoms with E-state index in [1.54, 1.807) is 24.5 Å². The van der Waals surface area contributed by atoms with Crippen molar-refractivity contribution in [3.8, 4) is 0 Å². The van der Waals surface area contributed by atoms with E-state index in [9.17, 15) is 4.79 Å². The summed E-state index contributed by atoms with van der Waals surface area (Å²) in [7, 11) is 0. The van der Waals surface area contributed by atoms with Gasteiger partial charge in [0.1, 0.15) is 0 Å². The maximum atomic E-state index is 12.2. The summed E-state index contributed by atoms with van der Waals surface area (Å²) in [6.07, 6.45) is 3.50. The standard InChI is InChI=1S/C16H18ClN5O/c17-13-4-1-2-5-14(13)20-15(23)12-21-8-10-22(11-9-21)16-18-6-3-7-19-16/h1-7H,8-12H2,(H,20,23)/p+1. The SMILES string of the molecule is O=C(C[NH+]1CCN(c2ncccn2)CC1)Nc1ccccc1Cl. The lowest BCUT2D eigenvalue weighted by Gasteiger charge is -2.31. The van der Waals surface area contributed by atoms with Crippen molar-refractivity contribution in [3.05, 3.63) is 47.7 Å². The van der Waals surface area contributed by atoms with Crippen LogP contribution in [0.15, 0.2) is 42.7 Å². The van der Waals surface area contributed by atoms with Crippen LogP contribution in [0.2, 0.25) is 5.02 Å². The highest BCUT2D eigenvalue weighted by molar-refractivity contribution is 6.33. The van der Waals surface area contributed by atoms with Crippen LogP contribution in [0.1, 0.15) is 0 Å². The first-order valence-corrected chi connectivity index (χ1v) is 8.00. The summed E-state index contributed by atoms with van der Waals surface area (Å²) in [5, 5.41) is 3.43. The molecule has 2 aromatic rings. The molecule has 1 saturated heterocycles. The van der Waals surface area contributed by atoms with E-state index in [-0.39, 0.29) is 5.91 Å². The third-order valence-electron chi connectivity index (χ3n) is 3.86. The van der Waals surface area contributed by atoms with Crippen molar-refractivity contribution in [1.29, 1.82) is 0 Å². The number of halogens is 1. The topological polar surface area (TPSA) is 62.6 Å². The quantitative estimate of drug-likeness (QED) is 0.854. The van der Waals surface area contributed by atoms with Crippen LogP contribution < -0.4 is 15.1 Å². The van der Waals surface area contributed by atoms with Gasteiger partial charge in [0.25, 0.3) is 5.91 Å². The van der Waals surface area contributed by atoms with Gasteiger partial charge >= 0.3 is 0 Å². The Kier molecular flexibility index (Phi) is 5.05. The number of para-hydroxylation sites is 1. The lowest BCUT2D eigenvalue weighted by Crippen LogP contribution is -3.15. The molecule has 1 aromatic heterocycles. The van der Waals surface area contributed by atoms with Crippen molar-refractivity contribution in [3.63, 3.8) is 0 Å². The van der Waals surface area contributed by atoms with Gasteiger partial charge in [-0.15, -0.1) is 0 Å². The van der Waals surface area contributed by atoms with E-state index in [4.69, 9.17) is 11.6 Å². The van der Waals surface area contributed by atoms with Crippen LogP contribution in [0, 0.1) is 0 Å². The molecule has 1 aliphatic heterocycles. The minimum Gasteiger partial charge on any atom is -0.330 e. The molecule has 120 valence electrons. The van der Waals surface area contributed by atoms with Crippen molar-refractivity contribution in [2.75, 3.05) is 42.9 Å². The molecule has 0 radical (unpaired) electrons. The summed E-state index contributed by atoms with van der Waals surface area (Å²) in [6, 6.07) is 9.08. The molecule has 7 heteroatoms. The molecule has 0 aliphatic carbocycles. The van der Waals surface area contributed by atoms with Crippen molar-refractivity contribution in [1.82, 2.24) is 9.97 Å². The Morgan fingerprint density at radius 2 is 1.87 bits per heavy atom. The van der Waals surface area contributed by atoms with Crippen LogP contribution in [0.25, 0.3) is 0 Å². The molecule has 0 atom stereocenters. The van der Waals surface area contributed by atoms with E-state index in [2.05, 4.69) is 20.2 Å². The molecule has 1 fully saturated rings. The zero-order valence-electron chi connectivity index (χ0n) is 12.7. The van der Waals surface area contributed by atoms with E-state index < -0.39 is 0 Å². The number of hydrogen-bond donors (Lipinski definition) is 2. The molecular weight excluding hydrogens is 314 g/mol. The average Bonchev–Trinajstić information content (AvgIpc) is 2.58. The van der Waals surface area contributed by atoms with E-state index in [0.29, 0.717) is 17.3 Å². The van der Waals surface area contributed by atoms with Crippen LogP contribution in [-0.4, -0.2) is 48.6 Å². The Morgan fingerprint density at radius 1 is 1.17 bits per heavy atom. The van der Waals surface area contributed by atoms with Crippen LogP contribution in [0.4, 0.5) is 11.6 Å². The van der Waals surface area contributed by atoms with E-state index >= 15 is 0 Å². The number of benzene rings is 1. The first-order chi connectivity index (χ1) is 11.2. The molecular formula is C16H19ClN5O+. The minimum atomic E-state index is -0.0162. The van der Waals surface area contributed by atoms with Gasteiger partial charge in [-0.3, -0.25) is 4.79 Å². The summed E-state index contributed by atoms with van der Waals surface area (Å²) in [4.78, 5) is 24.1. The van der Waals surface area contributed by atoms with Crippen LogP contribution in [0.5, 0.6) is 0 Å². The van der Waals surface area contributed by atoms with Crippen LogP contribution in [0.3, 0.4) is 0 Å². The number of carbonyl (C=O) groups excluding carboxylic acids is 1. The highest BCUT2D eigenvalue weighted by Crippen LogP contribution is 2.19. The highest BCUT2D eigenvalue weighted by Gasteiger charge is 2.23. The molecule has 6 nitrogen and oxygen atoms in total. The summed E-state index contributed by atoms with van der Waals surface area (Å²) in [5.41, 5.74) is 0.662. The van der Waals surface area contributed by atoms with Crippen molar-refractivity contribution in [2.24, 2.45) is 0 Å². The van der Waals surface area contributed by atoms with Gasteiger partial charge in [-0.25, -0.2) is 9.97 Å². The Balaban J connectivity index is 1.49. The summed E-state index contributed by atoms with van der Waals surface area (Å²) in [6.45, 7) is 3.90. The van der Waals surface area contributed by atoms with E-state index in [0.717, 1.165) is 32.1 Å². The highest BCUT2D eigenvalue weighted by atomic mass is 35.5. The van der Waals surface area contributed by atoms with Gasteiger partial charge in [-0.2, -0.15) is 0 Å². The van der Waals surface area contributed by atoms with Crippen molar-refractivity contribution < 1.29 is 9.69 Å². The molecule has 0 unspecified atom stereocenters. The Hall–Kier alpha value is -2.18. The zero-order chi connectivity index (χ0) is 16.1. The van der Waals surface area contributed by atoms with Gasteiger partial charge in [-0.1, -0.05) is 23.7 Å². The van der Waals surface area contributed by atoms with Gasteiger partial charge < -0.3 is 15.1 Å². The van der Waals surface area contributed by atoms with Crippen LogP contribution >= 0.6 is 11.6 Å². The fourth-order valence-electron chi connectivity index (χ4n) is 2.64. The summed E-state index contributed by atoms with van der Waals surface area (Å²) >= 11 is 6.06. The van der Waals surface area contributed by atoms with Gasteiger partial charge in [0.2, 0.25) is 5.95 Å². The number of carbonyl (C=O) groups is 1. The predicted octanol–water partition coefficient (Wildman–Crippen LogP) is 0.474. The van der Waals surface area contributed by atoms with E-state index in [1.165, 1.54) is 4.90 Å². The summed E-state index contributed by atoms with van der Waals surface area (Å²) < 4.78 is 0. The molecule has 2 N–H and O–H groups in total. The first-order valence-electron chi connectivity index (χ1n) is 7.62. The third kappa shape index (κ3) is 4.18. The molecule has 0 saturated carbocycles. The number of aromatic nitrogens is 2. The van der Waals surface area contributed by atoms with Gasteiger partial charge in [0, 0.05) is 12.4 Å². The zero-order valence-corrected chi connectivity index (χ0v) is 13.5. The largest absolute Gasteiger partial charge is 0.330 e. The van der Waals surface area contributed by atoms with Gasteiger partial charge in [-0.05, 0) is 18.2 Å². The molecule has 2 heterocycles. The number of nitrogens with zero attached hydrogens (tertiary/aromatic N) is 3. The predicted molar refractivity (Wildman–Crippen MR) is 89.9 cm³/mol. The third-order valence-corrected chi connectivity index (χ3v) is 4.19. The van der Waals surface area contributed by atoms with Gasteiger partial charge in [0.15, 0.2) is 6.54 Å². The Bertz CT molecular complexity index is 659. The second-order valence-electron chi connectivity index (χ2n) is 5.49. The lowest BCUT2D eigenvalue weighted by atomic mass is 10.3. The van der Waals surface area contributed by atoms with Crippen LogP contribution in [-0.2, 0) is 4.79 Å². The summed E-state index contributed by atoms with van der Waals surface area (Å²) in [5.74, 6) is 0.740. The van der Waals surface area contributed by atoms with E-state index in [1.807, 2.05) is 18.2 Å². The number of anilines is 2. The van der Waals surface area contributed by atoms with Gasteiger partial charge in [0.05, 0.1) is 36.9 Å². The Labute approximate surface area is 140 Å². The first kappa shape index (κ1) is 15.7. The second-order valence-corrected chi connectivity index (χ2v) is 5.90. The molecule has 3 rings (SSSR count). The Morgan fingerprint density at radius 3 is 2.57 bits per heavy atom. The number of piperazine rings is 1. The minimum absolute atomic E-state index is 0.0162. The fraction of sp³-hybridized carbons (Fsp3) is 0.312. The van der Waals surface area contributed by atoms with Crippen molar-refractivity contribution >= 4 is 29.1 Å². The number of hydrogen-bond acceptors (Lipinski definition) is 4. The molecule has 1 aromatic carbocycles. The molecule has 0 bridgehead atoms. The number of rotatable bonds is 4. The lowest BCUT2D eigenvalue weighted by molar-refractivity contribution is -0.892. The molecule has 1 amide bonds. The fourth-order valence-corrected chi connectivity index (χ4v) is 2.82. The average molecular weight is 333 g/mol. The molecule has 0 spiro atoms. The normalized spacial score (nSPS) is 15.4. The second kappa shape index (κ2) is 7.39. The maximum Gasteiger partial charge on any atom is 0.279 e. The molecule has 23 heavy (non-hydrogen) atoms. The smallest absolute Gasteiger partial charge is 0.279 e. The maximum absolute atomic E-state index is 12.2. The molecule has 1 aliphatic rings.